The van der Waals surface area contributed by atoms with Gasteiger partial charge in [0.25, 0.3) is 5.91 Å². The summed E-state index contributed by atoms with van der Waals surface area (Å²) in [6.07, 6.45) is 0.211. The molecule has 0 saturated heterocycles. The van der Waals surface area contributed by atoms with E-state index >= 15 is 0 Å². The van der Waals surface area contributed by atoms with E-state index in [0.717, 1.165) is 16.0 Å². The van der Waals surface area contributed by atoms with Crippen LogP contribution in [-0.2, 0) is 9.59 Å². The fourth-order valence-corrected chi connectivity index (χ4v) is 4.78. The molecule has 0 radical (unpaired) electrons. The highest BCUT2D eigenvalue weighted by Gasteiger charge is 2.34. The van der Waals surface area contributed by atoms with Crippen LogP contribution in [0.1, 0.15) is 32.5 Å². The maximum absolute atomic E-state index is 12.5. The topological polar surface area (TPSA) is 119 Å². The first-order valence-electron chi connectivity index (χ1n) is 9.20. The lowest BCUT2D eigenvalue weighted by Crippen LogP contribution is -2.22. The van der Waals surface area contributed by atoms with Crippen LogP contribution in [-0.4, -0.2) is 29.5 Å². The number of carboxylic acid groups (broad SMARTS) is 1. The van der Waals surface area contributed by atoms with Crippen LogP contribution >= 0.6 is 11.3 Å². The maximum Gasteiger partial charge on any atom is 0.346 e. The minimum absolute atomic E-state index is 0.173. The molecule has 0 spiro atoms. The summed E-state index contributed by atoms with van der Waals surface area (Å²) >= 11 is 1.18. The van der Waals surface area contributed by atoms with Gasteiger partial charge in [0.15, 0.2) is 6.61 Å². The van der Waals surface area contributed by atoms with Gasteiger partial charge < -0.3 is 20.9 Å². The number of hydrogen-bond acceptors (Lipinski definition) is 5. The van der Waals surface area contributed by atoms with Gasteiger partial charge in [-0.1, -0.05) is 42.5 Å². The standard InChI is InChI=1S/C22H18N2O5S/c23-16(25)11-29-14-8-6-12(7-9-14)15-10-17(26)24-19-18(13-4-2-1-3-5-13)21(22(27)28)30-20(15)19/h1-9,15H,10-11H2,(H2,23,25)(H,24,26)(H,27,28)/t15-/m1/s1. The predicted octanol–water partition coefficient (Wildman–Crippen LogP) is 3.45. The van der Waals surface area contributed by atoms with Crippen LogP contribution in [0.25, 0.3) is 11.1 Å². The number of nitrogens with two attached hydrogens (primary N) is 1. The van der Waals surface area contributed by atoms with E-state index < -0.39 is 11.9 Å². The normalized spacial score (nSPS) is 15.2. The van der Waals surface area contributed by atoms with Crippen LogP contribution in [0.15, 0.2) is 54.6 Å². The van der Waals surface area contributed by atoms with Crippen LogP contribution in [0.2, 0.25) is 0 Å². The highest BCUT2D eigenvalue weighted by atomic mass is 32.1. The summed E-state index contributed by atoms with van der Waals surface area (Å²) in [5.74, 6) is -1.56. The number of carboxylic acids is 1. The third kappa shape index (κ3) is 3.77. The molecule has 0 unspecified atom stereocenters. The molecule has 152 valence electrons. The molecule has 1 aromatic heterocycles. The number of carbonyl (C=O) groups is 3. The highest BCUT2D eigenvalue weighted by molar-refractivity contribution is 7.15. The lowest BCUT2D eigenvalue weighted by molar-refractivity contribution is -0.120. The third-order valence-electron chi connectivity index (χ3n) is 4.83. The van der Waals surface area contributed by atoms with Crippen molar-refractivity contribution in [1.82, 2.24) is 0 Å². The number of benzene rings is 2. The zero-order chi connectivity index (χ0) is 21.3. The summed E-state index contributed by atoms with van der Waals surface area (Å²) in [7, 11) is 0. The number of thiophene rings is 1. The second-order valence-electron chi connectivity index (χ2n) is 6.85. The number of anilines is 1. The molecule has 2 heterocycles. The van der Waals surface area contributed by atoms with Gasteiger partial charge in [-0.15, -0.1) is 11.3 Å². The Morgan fingerprint density at radius 2 is 1.83 bits per heavy atom. The van der Waals surface area contributed by atoms with Crippen molar-refractivity contribution in [2.45, 2.75) is 12.3 Å². The van der Waals surface area contributed by atoms with Crippen LogP contribution in [0, 0.1) is 0 Å². The van der Waals surface area contributed by atoms with Gasteiger partial charge >= 0.3 is 5.97 Å². The predicted molar refractivity (Wildman–Crippen MR) is 113 cm³/mol. The number of primary amides is 1. The Morgan fingerprint density at radius 3 is 2.47 bits per heavy atom. The Kier molecular flexibility index (Phi) is 5.24. The molecule has 0 saturated carbocycles. The number of rotatable bonds is 6. The van der Waals surface area contributed by atoms with Gasteiger partial charge in [-0.3, -0.25) is 9.59 Å². The second-order valence-corrected chi connectivity index (χ2v) is 7.90. The fraction of sp³-hybridized carbons (Fsp3) is 0.136. The van der Waals surface area contributed by atoms with E-state index in [1.54, 1.807) is 12.1 Å². The van der Waals surface area contributed by atoms with Gasteiger partial charge in [0.2, 0.25) is 5.91 Å². The number of aromatic carboxylic acids is 1. The molecule has 4 N–H and O–H groups in total. The molecule has 2 aromatic carbocycles. The minimum atomic E-state index is -1.03. The Morgan fingerprint density at radius 1 is 1.13 bits per heavy atom. The zero-order valence-electron chi connectivity index (χ0n) is 15.8. The third-order valence-corrected chi connectivity index (χ3v) is 6.12. The molecular weight excluding hydrogens is 404 g/mol. The smallest absolute Gasteiger partial charge is 0.346 e. The average Bonchev–Trinajstić information content (AvgIpc) is 3.12. The van der Waals surface area contributed by atoms with Crippen molar-refractivity contribution in [2.24, 2.45) is 5.73 Å². The fourth-order valence-electron chi connectivity index (χ4n) is 3.54. The maximum atomic E-state index is 12.5. The molecule has 1 aliphatic heterocycles. The number of nitrogens with one attached hydrogen (secondary N) is 1. The van der Waals surface area contributed by atoms with E-state index in [4.69, 9.17) is 10.5 Å². The van der Waals surface area contributed by atoms with E-state index in [2.05, 4.69) is 5.32 Å². The summed E-state index contributed by atoms with van der Waals surface area (Å²) in [5.41, 5.74) is 7.77. The van der Waals surface area contributed by atoms with Crippen LogP contribution < -0.4 is 15.8 Å². The van der Waals surface area contributed by atoms with Gasteiger partial charge in [-0.2, -0.15) is 0 Å². The molecule has 4 rings (SSSR count). The van der Waals surface area contributed by atoms with Gasteiger partial charge in [0.1, 0.15) is 10.6 Å². The molecule has 0 bridgehead atoms. The SMILES string of the molecule is NC(=O)COc1ccc([C@H]2CC(=O)Nc3c2sc(C(=O)O)c3-c2ccccc2)cc1. The van der Waals surface area contributed by atoms with Crippen LogP contribution in [0.3, 0.4) is 0 Å². The van der Waals surface area contributed by atoms with E-state index in [1.807, 2.05) is 42.5 Å². The lowest BCUT2D eigenvalue weighted by Gasteiger charge is -2.24. The van der Waals surface area contributed by atoms with Crippen molar-refractivity contribution >= 4 is 34.8 Å². The molecule has 0 fully saturated rings. The van der Waals surface area contributed by atoms with Gasteiger partial charge in [0, 0.05) is 22.8 Å². The van der Waals surface area contributed by atoms with E-state index in [0.29, 0.717) is 17.0 Å². The van der Waals surface area contributed by atoms with Crippen LogP contribution in [0.4, 0.5) is 5.69 Å². The molecule has 3 aromatic rings. The van der Waals surface area contributed by atoms with Gasteiger partial charge in [0.05, 0.1) is 5.69 Å². The first kappa shape index (κ1) is 19.7. The quantitative estimate of drug-likeness (QED) is 0.562. The largest absolute Gasteiger partial charge is 0.484 e. The number of ether oxygens (including phenoxy) is 1. The molecule has 1 atom stereocenters. The van der Waals surface area contributed by atoms with Crippen molar-refractivity contribution in [3.8, 4) is 16.9 Å². The molecule has 0 aliphatic carbocycles. The van der Waals surface area contributed by atoms with E-state index in [9.17, 15) is 19.5 Å². The van der Waals surface area contributed by atoms with Crippen molar-refractivity contribution < 1.29 is 24.2 Å². The highest BCUT2D eigenvalue weighted by Crippen LogP contribution is 2.49. The minimum Gasteiger partial charge on any atom is -0.484 e. The number of carbonyl (C=O) groups excluding carboxylic acids is 2. The number of amides is 2. The summed E-state index contributed by atoms with van der Waals surface area (Å²) < 4.78 is 5.28. The van der Waals surface area contributed by atoms with Crippen molar-refractivity contribution in [1.29, 1.82) is 0 Å². The average molecular weight is 422 g/mol. The zero-order valence-corrected chi connectivity index (χ0v) is 16.6. The molecule has 30 heavy (non-hydrogen) atoms. The van der Waals surface area contributed by atoms with Gasteiger partial charge in [-0.05, 0) is 23.3 Å². The first-order valence-corrected chi connectivity index (χ1v) is 10.0. The first-order chi connectivity index (χ1) is 14.4. The Bertz CT molecular complexity index is 1120. The Hall–Kier alpha value is -3.65. The van der Waals surface area contributed by atoms with Crippen molar-refractivity contribution in [3.05, 3.63) is 69.9 Å². The Balaban J connectivity index is 1.76. The van der Waals surface area contributed by atoms with E-state index in [1.165, 1.54) is 11.3 Å². The second kappa shape index (κ2) is 8.00. The summed E-state index contributed by atoms with van der Waals surface area (Å²) in [6, 6.07) is 16.2. The molecule has 1 aliphatic rings. The van der Waals surface area contributed by atoms with Gasteiger partial charge in [-0.25, -0.2) is 4.79 Å². The van der Waals surface area contributed by atoms with Crippen LogP contribution in [0.5, 0.6) is 5.75 Å². The summed E-state index contributed by atoms with van der Waals surface area (Å²) in [6.45, 7) is -0.220. The number of hydrogen-bond donors (Lipinski definition) is 3. The monoisotopic (exact) mass is 422 g/mol. The lowest BCUT2D eigenvalue weighted by atomic mass is 9.88. The van der Waals surface area contributed by atoms with Crippen molar-refractivity contribution in [3.63, 3.8) is 0 Å². The molecular formula is C22H18N2O5S. The Labute approximate surface area is 176 Å². The summed E-state index contributed by atoms with van der Waals surface area (Å²) in [4.78, 5) is 36.3. The van der Waals surface area contributed by atoms with Crippen molar-refractivity contribution in [2.75, 3.05) is 11.9 Å². The number of fused-ring (bicyclic) bond motifs is 1. The molecule has 8 heteroatoms. The molecule has 2 amide bonds. The summed E-state index contributed by atoms with van der Waals surface area (Å²) in [5, 5.41) is 12.7. The molecule has 7 nitrogen and oxygen atoms in total. The van der Waals surface area contributed by atoms with E-state index in [-0.39, 0.29) is 29.7 Å².